The van der Waals surface area contributed by atoms with Gasteiger partial charge in [-0.1, -0.05) is 35.3 Å². The van der Waals surface area contributed by atoms with E-state index >= 15 is 0 Å². The van der Waals surface area contributed by atoms with Crippen molar-refractivity contribution >= 4 is 56.5 Å². The lowest BCUT2D eigenvalue weighted by atomic mass is 10.2. The highest BCUT2D eigenvalue weighted by molar-refractivity contribution is 8.74. The Balaban J connectivity index is 1.18. The minimum atomic E-state index is 0.807. The zero-order valence-corrected chi connectivity index (χ0v) is 18.8. The Morgan fingerprint density at radius 2 is 0.964 bits per heavy atom. The third-order valence-electron chi connectivity index (χ3n) is 5.07. The molecule has 0 bridgehead atoms. The summed E-state index contributed by atoms with van der Waals surface area (Å²) >= 11 is 12.3. The van der Waals surface area contributed by atoms with Crippen LogP contribution in [0.5, 0.6) is 0 Å². The number of hydrogen-bond donors (Lipinski definition) is 0. The van der Waals surface area contributed by atoms with E-state index in [0.717, 1.165) is 62.4 Å². The molecule has 28 heavy (non-hydrogen) atoms. The summed E-state index contributed by atoms with van der Waals surface area (Å²) in [5.74, 6) is 0. The van der Waals surface area contributed by atoms with Crippen LogP contribution in [0, 0.1) is 0 Å². The fourth-order valence-corrected chi connectivity index (χ4v) is 6.12. The van der Waals surface area contributed by atoms with Gasteiger partial charge in [0, 0.05) is 95.7 Å². The Morgan fingerprint density at radius 3 is 1.32 bits per heavy atom. The van der Waals surface area contributed by atoms with Crippen molar-refractivity contribution in [2.24, 2.45) is 0 Å². The molecule has 0 amide bonds. The molecule has 0 aromatic heterocycles. The zero-order chi connectivity index (χ0) is 19.3. The van der Waals surface area contributed by atoms with E-state index in [1.807, 2.05) is 46.2 Å². The van der Waals surface area contributed by atoms with Crippen LogP contribution in [0.25, 0.3) is 0 Å². The first-order valence-corrected chi connectivity index (χ1v) is 12.3. The first-order valence-electron chi connectivity index (χ1n) is 9.53. The van der Waals surface area contributed by atoms with E-state index in [1.165, 1.54) is 11.4 Å². The van der Waals surface area contributed by atoms with Crippen LogP contribution in [0.1, 0.15) is 0 Å². The summed E-state index contributed by atoms with van der Waals surface area (Å²) in [5.41, 5.74) is 2.45. The van der Waals surface area contributed by atoms with Crippen LogP contribution in [0.15, 0.2) is 48.5 Å². The van der Waals surface area contributed by atoms with Crippen molar-refractivity contribution in [3.63, 3.8) is 0 Å². The van der Waals surface area contributed by atoms with Gasteiger partial charge in [0.25, 0.3) is 0 Å². The lowest BCUT2D eigenvalue weighted by Gasteiger charge is -2.38. The summed E-state index contributed by atoms with van der Waals surface area (Å²) in [5, 5.41) is 1.61. The lowest BCUT2D eigenvalue weighted by molar-refractivity contribution is 0.425. The Hall–Kier alpha value is -0.760. The molecule has 2 heterocycles. The van der Waals surface area contributed by atoms with Crippen molar-refractivity contribution < 1.29 is 0 Å². The second-order valence-corrected chi connectivity index (χ2v) is 10.0. The first kappa shape index (κ1) is 20.5. The molecule has 2 saturated heterocycles. The summed E-state index contributed by atoms with van der Waals surface area (Å²) in [6.07, 6.45) is 0. The van der Waals surface area contributed by atoms with Crippen LogP contribution in [0.2, 0.25) is 10.0 Å². The molecule has 2 aliphatic rings. The van der Waals surface area contributed by atoms with Crippen molar-refractivity contribution in [2.45, 2.75) is 0 Å². The molecule has 8 heteroatoms. The maximum atomic E-state index is 6.13. The molecule has 0 spiro atoms. The normalized spacial score (nSPS) is 19.2. The minimum Gasteiger partial charge on any atom is -0.369 e. The van der Waals surface area contributed by atoms with Crippen LogP contribution >= 0.6 is 45.2 Å². The molecule has 4 nitrogen and oxygen atoms in total. The number of hydrogen-bond acceptors (Lipinski definition) is 6. The summed E-state index contributed by atoms with van der Waals surface area (Å²) < 4.78 is 4.93. The van der Waals surface area contributed by atoms with Gasteiger partial charge < -0.3 is 9.80 Å². The molecular formula is C20H24Cl2N4S2. The lowest BCUT2D eigenvalue weighted by Crippen LogP contribution is -2.45. The maximum absolute atomic E-state index is 6.13. The minimum absolute atomic E-state index is 0.807. The Labute approximate surface area is 185 Å². The van der Waals surface area contributed by atoms with Crippen molar-refractivity contribution in [2.75, 3.05) is 62.2 Å². The summed E-state index contributed by atoms with van der Waals surface area (Å²) in [6.45, 7) is 8.40. The van der Waals surface area contributed by atoms with Crippen molar-refractivity contribution in [3.8, 4) is 0 Å². The second kappa shape index (κ2) is 9.83. The molecule has 4 rings (SSSR count). The highest BCUT2D eigenvalue weighted by atomic mass is 35.5. The number of anilines is 2. The average molecular weight is 455 g/mol. The van der Waals surface area contributed by atoms with Crippen LogP contribution in [0.4, 0.5) is 11.4 Å². The van der Waals surface area contributed by atoms with E-state index in [9.17, 15) is 0 Å². The predicted molar refractivity (Wildman–Crippen MR) is 126 cm³/mol. The Kier molecular flexibility index (Phi) is 7.20. The number of nitrogens with zero attached hydrogens (tertiary/aromatic N) is 4. The number of benzene rings is 2. The molecule has 2 fully saturated rings. The molecule has 0 radical (unpaired) electrons. The average Bonchev–Trinajstić information content (AvgIpc) is 2.73. The van der Waals surface area contributed by atoms with E-state index in [1.54, 1.807) is 0 Å². The van der Waals surface area contributed by atoms with Gasteiger partial charge in [0.2, 0.25) is 0 Å². The summed E-state index contributed by atoms with van der Waals surface area (Å²) in [4.78, 5) is 4.83. The SMILES string of the molecule is Clc1cccc(N2CCN(SSN3CCN(c4cccc(Cl)c4)CC3)CC2)c1. The van der Waals surface area contributed by atoms with E-state index < -0.39 is 0 Å². The van der Waals surface area contributed by atoms with Gasteiger partial charge in [0.1, 0.15) is 0 Å². The highest BCUT2D eigenvalue weighted by Gasteiger charge is 2.22. The Bertz CT molecular complexity index is 713. The monoisotopic (exact) mass is 454 g/mol. The standard InChI is InChI=1S/C20H24Cl2N4S2/c21-17-3-1-5-19(15-17)23-7-11-25(12-8-23)27-28-26-13-9-24(10-14-26)20-6-2-4-18(22)16-20/h1-6,15-16H,7-14H2. The molecule has 0 unspecified atom stereocenters. The van der Waals surface area contributed by atoms with Crippen LogP contribution in [-0.4, -0.2) is 61.0 Å². The number of halogens is 2. The zero-order valence-electron chi connectivity index (χ0n) is 15.6. The molecule has 0 N–H and O–H groups in total. The van der Waals surface area contributed by atoms with Crippen LogP contribution in [-0.2, 0) is 0 Å². The highest BCUT2D eigenvalue weighted by Crippen LogP contribution is 2.33. The second-order valence-electron chi connectivity index (χ2n) is 6.94. The van der Waals surface area contributed by atoms with Crippen molar-refractivity contribution in [1.29, 1.82) is 0 Å². The topological polar surface area (TPSA) is 13.0 Å². The van der Waals surface area contributed by atoms with Gasteiger partial charge in [-0.2, -0.15) is 0 Å². The van der Waals surface area contributed by atoms with E-state index in [2.05, 4.69) is 42.7 Å². The van der Waals surface area contributed by atoms with E-state index in [4.69, 9.17) is 23.2 Å². The molecule has 0 atom stereocenters. The van der Waals surface area contributed by atoms with Crippen LogP contribution < -0.4 is 9.80 Å². The van der Waals surface area contributed by atoms with Crippen LogP contribution in [0.3, 0.4) is 0 Å². The largest absolute Gasteiger partial charge is 0.369 e. The third kappa shape index (κ3) is 5.43. The third-order valence-corrected chi connectivity index (χ3v) is 8.22. The molecule has 150 valence electrons. The first-order chi connectivity index (χ1) is 13.7. The quantitative estimate of drug-likeness (QED) is 0.454. The van der Waals surface area contributed by atoms with Gasteiger partial charge in [0.15, 0.2) is 0 Å². The van der Waals surface area contributed by atoms with Gasteiger partial charge in [0.05, 0.1) is 0 Å². The van der Waals surface area contributed by atoms with Crippen molar-refractivity contribution in [1.82, 2.24) is 8.61 Å². The fourth-order valence-electron chi connectivity index (χ4n) is 3.48. The van der Waals surface area contributed by atoms with Gasteiger partial charge in [-0.05, 0) is 36.4 Å². The maximum Gasteiger partial charge on any atom is 0.0426 e. The molecule has 2 aliphatic heterocycles. The molecule has 0 saturated carbocycles. The molecule has 2 aromatic carbocycles. The van der Waals surface area contributed by atoms with Crippen molar-refractivity contribution in [3.05, 3.63) is 58.6 Å². The van der Waals surface area contributed by atoms with Gasteiger partial charge in [-0.25, -0.2) is 8.61 Å². The molecule has 2 aromatic rings. The van der Waals surface area contributed by atoms with Gasteiger partial charge >= 0.3 is 0 Å². The Morgan fingerprint density at radius 1 is 0.571 bits per heavy atom. The predicted octanol–water partition coefficient (Wildman–Crippen LogP) is 5.15. The number of rotatable bonds is 5. The summed E-state index contributed by atoms with van der Waals surface area (Å²) in [7, 11) is 3.77. The number of piperazine rings is 2. The van der Waals surface area contributed by atoms with Gasteiger partial charge in [-0.3, -0.25) is 0 Å². The summed E-state index contributed by atoms with van der Waals surface area (Å²) in [6, 6.07) is 16.3. The van der Waals surface area contributed by atoms with E-state index in [0.29, 0.717) is 0 Å². The molecule has 0 aliphatic carbocycles. The van der Waals surface area contributed by atoms with E-state index in [-0.39, 0.29) is 0 Å². The van der Waals surface area contributed by atoms with Gasteiger partial charge in [-0.15, -0.1) is 0 Å². The molecular weight excluding hydrogens is 431 g/mol. The smallest absolute Gasteiger partial charge is 0.0426 e. The fraction of sp³-hybridized carbons (Fsp3) is 0.400.